The number of hydrogen-bond acceptors (Lipinski definition) is 3. The summed E-state index contributed by atoms with van der Waals surface area (Å²) in [5, 5.41) is 11.7. The molecule has 104 valence electrons. The number of carboxylic acid groups (broad SMARTS) is 1. The molecule has 0 radical (unpaired) electrons. The summed E-state index contributed by atoms with van der Waals surface area (Å²) >= 11 is 0. The van der Waals surface area contributed by atoms with Crippen LogP contribution in [0, 0.1) is 6.92 Å². The molecule has 0 aliphatic heterocycles. The summed E-state index contributed by atoms with van der Waals surface area (Å²) < 4.78 is 5.46. The van der Waals surface area contributed by atoms with Crippen LogP contribution in [0.15, 0.2) is 18.2 Å². The highest BCUT2D eigenvalue weighted by Gasteiger charge is 2.08. The van der Waals surface area contributed by atoms with E-state index in [0.717, 1.165) is 5.56 Å². The Morgan fingerprint density at radius 2 is 2.05 bits per heavy atom. The van der Waals surface area contributed by atoms with Crippen LogP contribution < -0.4 is 10.1 Å². The van der Waals surface area contributed by atoms with Gasteiger partial charge in [0, 0.05) is 6.04 Å². The molecule has 0 unspecified atom stereocenters. The van der Waals surface area contributed by atoms with Gasteiger partial charge in [0.2, 0.25) is 5.91 Å². The van der Waals surface area contributed by atoms with Gasteiger partial charge in [-0.3, -0.25) is 4.79 Å². The van der Waals surface area contributed by atoms with Crippen molar-refractivity contribution in [3.63, 3.8) is 0 Å². The minimum Gasteiger partial charge on any atom is -0.493 e. The monoisotopic (exact) mass is 265 g/mol. The molecular weight excluding hydrogens is 246 g/mol. The quantitative estimate of drug-likeness (QED) is 0.824. The van der Waals surface area contributed by atoms with Gasteiger partial charge in [0.1, 0.15) is 5.75 Å². The Kier molecular flexibility index (Phi) is 5.36. The highest BCUT2D eigenvalue weighted by atomic mass is 16.5. The number of rotatable bonds is 6. The second-order valence-corrected chi connectivity index (χ2v) is 4.61. The minimum absolute atomic E-state index is 0.0814. The number of benzene rings is 1. The average molecular weight is 265 g/mol. The zero-order valence-corrected chi connectivity index (χ0v) is 11.4. The molecule has 0 spiro atoms. The summed E-state index contributed by atoms with van der Waals surface area (Å²) in [6.07, 6.45) is 0.245. The Morgan fingerprint density at radius 1 is 1.37 bits per heavy atom. The molecule has 0 aliphatic carbocycles. The maximum atomic E-state index is 11.4. The third-order valence-electron chi connectivity index (χ3n) is 2.47. The van der Waals surface area contributed by atoms with Gasteiger partial charge in [-0.25, -0.2) is 4.79 Å². The predicted molar refractivity (Wildman–Crippen MR) is 71.5 cm³/mol. The largest absolute Gasteiger partial charge is 0.493 e. The molecule has 0 fully saturated rings. The number of carbonyl (C=O) groups is 2. The molecule has 5 nitrogen and oxygen atoms in total. The first kappa shape index (κ1) is 15.0. The van der Waals surface area contributed by atoms with E-state index in [4.69, 9.17) is 9.84 Å². The zero-order chi connectivity index (χ0) is 14.4. The summed E-state index contributed by atoms with van der Waals surface area (Å²) in [6, 6.07) is 4.78. The molecule has 1 rings (SSSR count). The van der Waals surface area contributed by atoms with Crippen molar-refractivity contribution in [3.8, 4) is 5.75 Å². The third-order valence-corrected chi connectivity index (χ3v) is 2.47. The smallest absolute Gasteiger partial charge is 0.335 e. The fourth-order valence-electron chi connectivity index (χ4n) is 1.54. The summed E-state index contributed by atoms with van der Waals surface area (Å²) in [4.78, 5) is 22.3. The summed E-state index contributed by atoms with van der Waals surface area (Å²) in [6.45, 7) is 5.83. The Labute approximate surface area is 112 Å². The van der Waals surface area contributed by atoms with E-state index in [0.29, 0.717) is 5.75 Å². The number of ether oxygens (including phenoxy) is 1. The fourth-order valence-corrected chi connectivity index (χ4v) is 1.54. The molecule has 0 heterocycles. The first-order valence-electron chi connectivity index (χ1n) is 6.16. The van der Waals surface area contributed by atoms with Crippen molar-refractivity contribution in [1.29, 1.82) is 0 Å². The number of aromatic carboxylic acids is 1. The number of carboxylic acids is 1. The molecule has 0 aromatic heterocycles. The lowest BCUT2D eigenvalue weighted by molar-refractivity contribution is -0.122. The zero-order valence-electron chi connectivity index (χ0n) is 11.4. The van der Waals surface area contributed by atoms with Gasteiger partial charge in [-0.05, 0) is 38.5 Å². The van der Waals surface area contributed by atoms with E-state index in [-0.39, 0.29) is 30.5 Å². The molecule has 0 aliphatic rings. The molecule has 0 saturated heterocycles. The van der Waals surface area contributed by atoms with E-state index in [2.05, 4.69) is 5.32 Å². The standard InChI is InChI=1S/C14H19NO4/c1-9(2)15-13(16)6-7-19-12-8-11(14(17)18)5-4-10(12)3/h4-5,8-9H,6-7H2,1-3H3,(H,15,16)(H,17,18). The van der Waals surface area contributed by atoms with E-state index in [1.807, 2.05) is 20.8 Å². The number of hydrogen-bond donors (Lipinski definition) is 2. The van der Waals surface area contributed by atoms with E-state index < -0.39 is 5.97 Å². The molecule has 0 atom stereocenters. The van der Waals surface area contributed by atoms with Crippen LogP contribution >= 0.6 is 0 Å². The molecule has 0 bridgehead atoms. The SMILES string of the molecule is Cc1ccc(C(=O)O)cc1OCCC(=O)NC(C)C. The summed E-state index contributed by atoms with van der Waals surface area (Å²) in [7, 11) is 0. The van der Waals surface area contributed by atoms with Gasteiger partial charge >= 0.3 is 5.97 Å². The number of carbonyl (C=O) groups excluding carboxylic acids is 1. The number of aryl methyl sites for hydroxylation is 1. The second-order valence-electron chi connectivity index (χ2n) is 4.61. The van der Waals surface area contributed by atoms with Crippen LogP contribution in [0.4, 0.5) is 0 Å². The van der Waals surface area contributed by atoms with Crippen molar-refractivity contribution in [2.75, 3.05) is 6.61 Å². The highest BCUT2D eigenvalue weighted by molar-refractivity contribution is 5.88. The Morgan fingerprint density at radius 3 is 2.63 bits per heavy atom. The van der Waals surface area contributed by atoms with E-state index in [1.54, 1.807) is 6.07 Å². The van der Waals surface area contributed by atoms with Gasteiger partial charge in [0.25, 0.3) is 0 Å². The van der Waals surface area contributed by atoms with E-state index in [1.165, 1.54) is 12.1 Å². The van der Waals surface area contributed by atoms with Gasteiger partial charge in [0.05, 0.1) is 18.6 Å². The Hall–Kier alpha value is -2.04. The van der Waals surface area contributed by atoms with Crippen LogP contribution in [0.1, 0.15) is 36.2 Å². The Bertz CT molecular complexity index is 469. The summed E-state index contributed by atoms with van der Waals surface area (Å²) in [5.41, 5.74) is 1.02. The molecule has 1 aromatic carbocycles. The molecule has 19 heavy (non-hydrogen) atoms. The van der Waals surface area contributed by atoms with Gasteiger partial charge in [-0.15, -0.1) is 0 Å². The molecule has 1 aromatic rings. The van der Waals surface area contributed by atoms with Crippen LogP contribution in [-0.4, -0.2) is 29.6 Å². The van der Waals surface area contributed by atoms with Crippen molar-refractivity contribution in [1.82, 2.24) is 5.32 Å². The van der Waals surface area contributed by atoms with Crippen LogP contribution in [0.25, 0.3) is 0 Å². The fraction of sp³-hybridized carbons (Fsp3) is 0.429. The topological polar surface area (TPSA) is 75.6 Å². The maximum Gasteiger partial charge on any atom is 0.335 e. The molecule has 1 amide bonds. The van der Waals surface area contributed by atoms with Crippen LogP contribution in [-0.2, 0) is 4.79 Å². The molecule has 0 saturated carbocycles. The van der Waals surface area contributed by atoms with Gasteiger partial charge in [-0.2, -0.15) is 0 Å². The Balaban J connectivity index is 2.55. The van der Waals surface area contributed by atoms with Crippen LogP contribution in [0.3, 0.4) is 0 Å². The number of amides is 1. The van der Waals surface area contributed by atoms with Gasteiger partial charge < -0.3 is 15.2 Å². The lowest BCUT2D eigenvalue weighted by Gasteiger charge is -2.11. The average Bonchev–Trinajstić information content (AvgIpc) is 2.30. The van der Waals surface area contributed by atoms with E-state index >= 15 is 0 Å². The first-order chi connectivity index (χ1) is 8.90. The molecular formula is C14H19NO4. The van der Waals surface area contributed by atoms with Crippen molar-refractivity contribution in [3.05, 3.63) is 29.3 Å². The van der Waals surface area contributed by atoms with Crippen LogP contribution in [0.2, 0.25) is 0 Å². The summed E-state index contributed by atoms with van der Waals surface area (Å²) in [5.74, 6) is -0.582. The molecule has 2 N–H and O–H groups in total. The predicted octanol–water partition coefficient (Wildman–Crippen LogP) is 1.99. The van der Waals surface area contributed by atoms with Crippen molar-refractivity contribution in [2.45, 2.75) is 33.2 Å². The molecule has 5 heteroatoms. The maximum absolute atomic E-state index is 11.4. The lowest BCUT2D eigenvalue weighted by atomic mass is 10.1. The second kappa shape index (κ2) is 6.78. The first-order valence-corrected chi connectivity index (χ1v) is 6.16. The third kappa shape index (κ3) is 4.99. The van der Waals surface area contributed by atoms with Gasteiger partial charge in [0.15, 0.2) is 0 Å². The number of nitrogens with one attached hydrogen (secondary N) is 1. The van der Waals surface area contributed by atoms with Gasteiger partial charge in [-0.1, -0.05) is 6.07 Å². The highest BCUT2D eigenvalue weighted by Crippen LogP contribution is 2.19. The van der Waals surface area contributed by atoms with Crippen LogP contribution in [0.5, 0.6) is 5.75 Å². The van der Waals surface area contributed by atoms with Crippen molar-refractivity contribution in [2.24, 2.45) is 0 Å². The normalized spacial score (nSPS) is 10.3. The van der Waals surface area contributed by atoms with Crippen molar-refractivity contribution < 1.29 is 19.4 Å². The van der Waals surface area contributed by atoms with E-state index in [9.17, 15) is 9.59 Å². The van der Waals surface area contributed by atoms with Crippen molar-refractivity contribution >= 4 is 11.9 Å². The lowest BCUT2D eigenvalue weighted by Crippen LogP contribution is -2.31. The minimum atomic E-state index is -0.998.